The zero-order valence-electron chi connectivity index (χ0n) is 30.2. The predicted molar refractivity (Wildman–Crippen MR) is 167 cm³/mol. The Morgan fingerprint density at radius 2 is 0.769 bits per heavy atom. The molecule has 52 heavy (non-hydrogen) atoms. The minimum atomic E-state index is -1.83. The molecule has 0 aromatic heterocycles. The van der Waals surface area contributed by atoms with Gasteiger partial charge in [-0.25, -0.2) is 0 Å². The Labute approximate surface area is 301 Å². The minimum absolute atomic E-state index is 0.0821. The first kappa shape index (κ1) is 43.9. The molecule has 0 saturated carbocycles. The molecule has 0 amide bonds. The van der Waals surface area contributed by atoms with Crippen molar-refractivity contribution in [3.63, 3.8) is 0 Å². The fraction of sp³-hybridized carbons (Fsp3) is 1.00. The SMILES string of the molecule is COC[C@H]1O[C@@H](O[C@H]2[C@H](OC)[C@@H](OC)[C@H](OC)O[C@@H]2COC)[C@H](OC)[C@@H](OC)[C@@H]1O[C@H]1O[C@@H](CO)[C@H](O[C@@H]2O[C@H](CO)[C@@H](O)[C@H](O)[C@H]2O)[C@@H](O)[C@@H]1O. The van der Waals surface area contributed by atoms with Gasteiger partial charge in [0.25, 0.3) is 0 Å². The molecule has 306 valence electrons. The normalized spacial score (nSPS) is 47.4. The summed E-state index contributed by atoms with van der Waals surface area (Å²) >= 11 is 0. The van der Waals surface area contributed by atoms with E-state index >= 15 is 0 Å². The standard InChI is InChI=1S/C31H56O21/c1-39-10-14-23(24(41-3)26(43-5)30(45-7)48-14)52-31-27(44-6)25(42-4)22(15(49-31)11-40-2)51-29-20(38)18(36)21(13(9-33)47-29)50-28-19(37)17(35)16(34)12(8-32)46-28/h12-38H,8-11H2,1-7H3/t12-,13+,14-,15-,16-,17+,18+,19-,20+,21+,22-,23-,24+,25+,26-,27-,28+,29-,30-,31+/m1/s1. The van der Waals surface area contributed by atoms with E-state index in [1.807, 2.05) is 0 Å². The van der Waals surface area contributed by atoms with Crippen LogP contribution in [0.1, 0.15) is 0 Å². The van der Waals surface area contributed by atoms with E-state index in [-0.39, 0.29) is 13.2 Å². The van der Waals surface area contributed by atoms with Crippen molar-refractivity contribution >= 4 is 0 Å². The van der Waals surface area contributed by atoms with Crippen molar-refractivity contribution in [2.24, 2.45) is 0 Å². The predicted octanol–water partition coefficient (Wildman–Crippen LogP) is -5.17. The summed E-state index contributed by atoms with van der Waals surface area (Å²) in [5.41, 5.74) is 0. The molecule has 0 bridgehead atoms. The summed E-state index contributed by atoms with van der Waals surface area (Å²) in [5, 5.41) is 72.9. The Balaban J connectivity index is 1.54. The van der Waals surface area contributed by atoms with Crippen LogP contribution >= 0.6 is 0 Å². The zero-order valence-corrected chi connectivity index (χ0v) is 30.2. The fourth-order valence-corrected chi connectivity index (χ4v) is 6.99. The van der Waals surface area contributed by atoms with Gasteiger partial charge in [-0.1, -0.05) is 0 Å². The third-order valence-corrected chi connectivity index (χ3v) is 9.71. The first-order chi connectivity index (χ1) is 25.0. The van der Waals surface area contributed by atoms with E-state index in [4.69, 9.17) is 66.3 Å². The molecule has 0 aliphatic carbocycles. The second-order valence-electron chi connectivity index (χ2n) is 12.7. The molecule has 0 radical (unpaired) electrons. The van der Waals surface area contributed by atoms with Crippen LogP contribution in [0, 0.1) is 0 Å². The fourth-order valence-electron chi connectivity index (χ4n) is 6.99. The van der Waals surface area contributed by atoms with Gasteiger partial charge in [-0.3, -0.25) is 0 Å². The average Bonchev–Trinajstić information content (AvgIpc) is 3.15. The summed E-state index contributed by atoms with van der Waals surface area (Å²) in [4.78, 5) is 0. The molecule has 4 fully saturated rings. The van der Waals surface area contributed by atoms with E-state index < -0.39 is 136 Å². The van der Waals surface area contributed by atoms with Crippen LogP contribution in [0.4, 0.5) is 0 Å². The van der Waals surface area contributed by atoms with Gasteiger partial charge < -0.3 is 102 Å². The molecule has 4 heterocycles. The highest BCUT2D eigenvalue weighted by Gasteiger charge is 2.56. The molecule has 7 N–H and O–H groups in total. The van der Waals surface area contributed by atoms with Crippen LogP contribution < -0.4 is 0 Å². The second kappa shape index (κ2) is 20.4. The van der Waals surface area contributed by atoms with Gasteiger partial charge in [-0.15, -0.1) is 0 Å². The lowest BCUT2D eigenvalue weighted by Gasteiger charge is -2.50. The van der Waals surface area contributed by atoms with Crippen LogP contribution in [0.2, 0.25) is 0 Å². The van der Waals surface area contributed by atoms with Crippen LogP contribution in [0.25, 0.3) is 0 Å². The summed E-state index contributed by atoms with van der Waals surface area (Å²) < 4.78 is 81.5. The van der Waals surface area contributed by atoms with E-state index in [1.165, 1.54) is 49.8 Å². The highest BCUT2D eigenvalue weighted by molar-refractivity contribution is 4.99. The van der Waals surface area contributed by atoms with Gasteiger partial charge in [0, 0.05) is 49.8 Å². The van der Waals surface area contributed by atoms with E-state index in [0.29, 0.717) is 0 Å². The lowest BCUT2D eigenvalue weighted by molar-refractivity contribution is -0.391. The lowest BCUT2D eigenvalue weighted by Crippen LogP contribution is -2.68. The summed E-state index contributed by atoms with van der Waals surface area (Å²) in [6.45, 7) is -1.48. The topological polar surface area (TPSA) is 271 Å². The van der Waals surface area contributed by atoms with Crippen LogP contribution in [-0.2, 0) is 66.3 Å². The minimum Gasteiger partial charge on any atom is -0.394 e. The molecule has 4 aliphatic rings. The smallest absolute Gasteiger partial charge is 0.187 e. The molecule has 0 aromatic rings. The van der Waals surface area contributed by atoms with Crippen molar-refractivity contribution < 1.29 is 102 Å². The Kier molecular flexibility index (Phi) is 17.2. The second-order valence-corrected chi connectivity index (χ2v) is 12.7. The zero-order chi connectivity index (χ0) is 38.3. The molecule has 21 nitrogen and oxygen atoms in total. The van der Waals surface area contributed by atoms with E-state index in [1.54, 1.807) is 0 Å². The number of aliphatic hydroxyl groups excluding tert-OH is 7. The summed E-state index contributed by atoms with van der Waals surface area (Å²) in [6.07, 6.45) is -25.4. The lowest BCUT2D eigenvalue weighted by atomic mass is 9.95. The van der Waals surface area contributed by atoms with Crippen molar-refractivity contribution in [2.45, 2.75) is 123 Å². The average molecular weight is 765 g/mol. The molecular formula is C31H56O21. The molecule has 20 atom stereocenters. The summed E-state index contributed by atoms with van der Waals surface area (Å²) in [6, 6.07) is 0. The van der Waals surface area contributed by atoms with Gasteiger partial charge in [0.15, 0.2) is 25.2 Å². The largest absolute Gasteiger partial charge is 0.394 e. The number of hydrogen-bond donors (Lipinski definition) is 7. The number of methoxy groups -OCH3 is 7. The van der Waals surface area contributed by atoms with Crippen molar-refractivity contribution in [2.75, 3.05) is 76.2 Å². The molecule has 0 aromatic carbocycles. The molecule has 21 heteroatoms. The van der Waals surface area contributed by atoms with Crippen LogP contribution in [0.3, 0.4) is 0 Å². The molecular weight excluding hydrogens is 708 g/mol. The Hall–Kier alpha value is -0.840. The van der Waals surface area contributed by atoms with E-state index in [9.17, 15) is 35.7 Å². The van der Waals surface area contributed by atoms with Crippen molar-refractivity contribution in [1.29, 1.82) is 0 Å². The Bertz CT molecular complexity index is 1030. The first-order valence-corrected chi connectivity index (χ1v) is 16.8. The van der Waals surface area contributed by atoms with Gasteiger partial charge in [-0.2, -0.15) is 0 Å². The van der Waals surface area contributed by atoms with Crippen LogP contribution in [-0.4, -0.2) is 235 Å². The number of rotatable bonds is 17. The molecule has 4 aliphatic heterocycles. The summed E-state index contributed by atoms with van der Waals surface area (Å²) in [7, 11) is 10.2. The highest BCUT2D eigenvalue weighted by atomic mass is 16.8. The Morgan fingerprint density at radius 3 is 1.23 bits per heavy atom. The molecule has 0 spiro atoms. The summed E-state index contributed by atoms with van der Waals surface area (Å²) in [5.74, 6) is 0. The Morgan fingerprint density at radius 1 is 0.365 bits per heavy atom. The quantitative estimate of drug-likeness (QED) is 0.0730. The maximum absolute atomic E-state index is 11.2. The molecule has 4 rings (SSSR count). The van der Waals surface area contributed by atoms with Crippen molar-refractivity contribution in [1.82, 2.24) is 0 Å². The van der Waals surface area contributed by atoms with Gasteiger partial charge in [0.1, 0.15) is 97.7 Å². The maximum atomic E-state index is 11.2. The monoisotopic (exact) mass is 764 g/mol. The number of ether oxygens (including phenoxy) is 14. The van der Waals surface area contributed by atoms with Gasteiger partial charge >= 0.3 is 0 Å². The maximum Gasteiger partial charge on any atom is 0.187 e. The van der Waals surface area contributed by atoms with E-state index in [2.05, 4.69) is 0 Å². The van der Waals surface area contributed by atoms with Crippen molar-refractivity contribution in [3.8, 4) is 0 Å². The molecule has 0 unspecified atom stereocenters. The third-order valence-electron chi connectivity index (χ3n) is 9.71. The van der Waals surface area contributed by atoms with Gasteiger partial charge in [0.05, 0.1) is 26.4 Å². The van der Waals surface area contributed by atoms with E-state index in [0.717, 1.165) is 0 Å². The number of hydrogen-bond acceptors (Lipinski definition) is 21. The number of aliphatic hydroxyl groups is 7. The third kappa shape index (κ3) is 9.23. The van der Waals surface area contributed by atoms with Gasteiger partial charge in [0.2, 0.25) is 0 Å². The first-order valence-electron chi connectivity index (χ1n) is 16.8. The van der Waals surface area contributed by atoms with Crippen LogP contribution in [0.15, 0.2) is 0 Å². The van der Waals surface area contributed by atoms with Gasteiger partial charge in [-0.05, 0) is 0 Å². The van der Waals surface area contributed by atoms with Crippen LogP contribution in [0.5, 0.6) is 0 Å². The van der Waals surface area contributed by atoms with Crippen molar-refractivity contribution in [3.05, 3.63) is 0 Å². The molecule has 4 saturated heterocycles. The highest BCUT2D eigenvalue weighted by Crippen LogP contribution is 2.36.